The van der Waals surface area contributed by atoms with Crippen LogP contribution in [0.5, 0.6) is 5.75 Å². The van der Waals surface area contributed by atoms with Crippen LogP contribution in [0.2, 0.25) is 0 Å². The third kappa shape index (κ3) is 4.87. The first-order chi connectivity index (χ1) is 14.7. The van der Waals surface area contributed by atoms with Crippen molar-refractivity contribution >= 4 is 29.2 Å². The monoisotopic (exact) mass is 424 g/mol. The quantitative estimate of drug-likeness (QED) is 0.717. The predicted octanol–water partition coefficient (Wildman–Crippen LogP) is 3.54. The van der Waals surface area contributed by atoms with Gasteiger partial charge in [0, 0.05) is 18.7 Å². The number of esters is 1. The lowest BCUT2D eigenvalue weighted by Gasteiger charge is -2.20. The maximum absolute atomic E-state index is 12.7. The van der Waals surface area contributed by atoms with E-state index in [4.69, 9.17) is 9.47 Å². The Morgan fingerprint density at radius 1 is 1.13 bits per heavy atom. The number of anilines is 2. The number of nitrogens with one attached hydrogen (secondary N) is 1. The van der Waals surface area contributed by atoms with Crippen molar-refractivity contribution in [3.05, 3.63) is 53.1 Å². The molecule has 0 saturated carbocycles. The topological polar surface area (TPSA) is 84.9 Å². The van der Waals surface area contributed by atoms with Crippen molar-refractivity contribution in [2.24, 2.45) is 5.92 Å². The molecular formula is C24H28N2O5. The summed E-state index contributed by atoms with van der Waals surface area (Å²) in [6, 6.07) is 11.3. The first-order valence-electron chi connectivity index (χ1n) is 10.2. The Labute approximate surface area is 182 Å². The number of carbonyl (C=O) groups excluding carboxylic acids is 3. The summed E-state index contributed by atoms with van der Waals surface area (Å²) < 4.78 is 10.8. The van der Waals surface area contributed by atoms with E-state index < -0.39 is 23.9 Å². The molecule has 1 fully saturated rings. The molecule has 1 N–H and O–H groups in total. The van der Waals surface area contributed by atoms with Crippen molar-refractivity contribution in [3.63, 3.8) is 0 Å². The van der Waals surface area contributed by atoms with Crippen LogP contribution in [0.4, 0.5) is 11.4 Å². The zero-order chi connectivity index (χ0) is 22.7. The highest BCUT2D eigenvalue weighted by molar-refractivity contribution is 6.01. The van der Waals surface area contributed by atoms with Crippen molar-refractivity contribution in [1.29, 1.82) is 0 Å². The van der Waals surface area contributed by atoms with Gasteiger partial charge in [-0.1, -0.05) is 24.3 Å². The minimum absolute atomic E-state index is 0.0289. The van der Waals surface area contributed by atoms with Crippen molar-refractivity contribution in [2.75, 3.05) is 23.9 Å². The van der Waals surface area contributed by atoms with Crippen molar-refractivity contribution in [3.8, 4) is 5.75 Å². The highest BCUT2D eigenvalue weighted by Gasteiger charge is 2.38. The van der Waals surface area contributed by atoms with E-state index in [0.29, 0.717) is 17.1 Å². The van der Waals surface area contributed by atoms with E-state index >= 15 is 0 Å². The fourth-order valence-electron chi connectivity index (χ4n) is 3.67. The Morgan fingerprint density at radius 3 is 2.45 bits per heavy atom. The maximum atomic E-state index is 12.7. The Hall–Kier alpha value is -3.35. The van der Waals surface area contributed by atoms with Crippen LogP contribution in [0.3, 0.4) is 0 Å². The van der Waals surface area contributed by atoms with E-state index in [2.05, 4.69) is 5.32 Å². The molecule has 164 valence electrons. The minimum Gasteiger partial charge on any atom is -0.495 e. The fourth-order valence-corrected chi connectivity index (χ4v) is 3.67. The summed E-state index contributed by atoms with van der Waals surface area (Å²) in [4.78, 5) is 39.4. The van der Waals surface area contributed by atoms with Crippen LogP contribution in [0.1, 0.15) is 30.0 Å². The zero-order valence-corrected chi connectivity index (χ0v) is 18.5. The molecule has 0 radical (unpaired) electrons. The minimum atomic E-state index is -0.982. The molecule has 1 aliphatic heterocycles. The van der Waals surface area contributed by atoms with Crippen LogP contribution in [-0.4, -0.2) is 37.5 Å². The molecular weight excluding hydrogens is 396 g/mol. The van der Waals surface area contributed by atoms with Gasteiger partial charge in [0.15, 0.2) is 6.10 Å². The van der Waals surface area contributed by atoms with Crippen LogP contribution in [0.25, 0.3) is 0 Å². The SMILES string of the molecule is COc1ccc(C)cc1N1C[C@H](C(=O)O[C@H](C)C(=O)Nc2c(C)cccc2C)CC1=O. The zero-order valence-electron chi connectivity index (χ0n) is 18.5. The van der Waals surface area contributed by atoms with Crippen molar-refractivity contribution in [1.82, 2.24) is 0 Å². The highest BCUT2D eigenvalue weighted by atomic mass is 16.5. The fraction of sp³-hybridized carbons (Fsp3) is 0.375. The molecule has 2 aromatic rings. The van der Waals surface area contributed by atoms with Crippen LogP contribution in [-0.2, 0) is 19.1 Å². The third-order valence-corrected chi connectivity index (χ3v) is 5.48. The molecule has 2 atom stereocenters. The van der Waals surface area contributed by atoms with Gasteiger partial charge in [0.1, 0.15) is 5.75 Å². The first kappa shape index (κ1) is 22.3. The average molecular weight is 424 g/mol. The second-order valence-electron chi connectivity index (χ2n) is 7.92. The summed E-state index contributed by atoms with van der Waals surface area (Å²) in [5, 5.41) is 2.83. The lowest BCUT2D eigenvalue weighted by molar-refractivity contribution is -0.157. The van der Waals surface area contributed by atoms with E-state index in [-0.39, 0.29) is 18.9 Å². The van der Waals surface area contributed by atoms with E-state index in [0.717, 1.165) is 16.7 Å². The number of carbonyl (C=O) groups is 3. The third-order valence-electron chi connectivity index (χ3n) is 5.48. The normalized spacial score (nSPS) is 16.7. The number of ether oxygens (including phenoxy) is 2. The summed E-state index contributed by atoms with van der Waals surface area (Å²) >= 11 is 0. The molecule has 1 saturated heterocycles. The standard InChI is InChI=1S/C24H28N2O5/c1-14-9-10-20(30-5)19(11-14)26-13-18(12-21(26)27)24(29)31-17(4)23(28)25-22-15(2)7-6-8-16(22)3/h6-11,17-18H,12-13H2,1-5H3,(H,25,28)/t17-,18-/m1/s1. The van der Waals surface area contributed by atoms with Gasteiger partial charge in [0.2, 0.25) is 5.91 Å². The number of amides is 2. The Balaban J connectivity index is 1.65. The lowest BCUT2D eigenvalue weighted by atomic mass is 10.1. The summed E-state index contributed by atoms with van der Waals surface area (Å²) in [6.45, 7) is 7.43. The number of hydrogen-bond acceptors (Lipinski definition) is 5. The Kier molecular flexibility index (Phi) is 6.63. The van der Waals surface area contributed by atoms with Gasteiger partial charge in [-0.3, -0.25) is 14.4 Å². The summed E-state index contributed by atoms with van der Waals surface area (Å²) in [5.74, 6) is -1.24. The number of rotatable bonds is 6. The number of aryl methyl sites for hydroxylation is 3. The van der Waals surface area contributed by atoms with Gasteiger partial charge < -0.3 is 19.7 Å². The molecule has 7 heteroatoms. The number of nitrogens with zero attached hydrogens (tertiary/aromatic N) is 1. The predicted molar refractivity (Wildman–Crippen MR) is 118 cm³/mol. The van der Waals surface area contributed by atoms with E-state index in [1.165, 1.54) is 14.0 Å². The molecule has 3 rings (SSSR count). The Bertz CT molecular complexity index is 997. The second-order valence-corrected chi connectivity index (χ2v) is 7.92. The van der Waals surface area contributed by atoms with E-state index in [1.807, 2.05) is 51.1 Å². The van der Waals surface area contributed by atoms with E-state index in [9.17, 15) is 14.4 Å². The van der Waals surface area contributed by atoms with Crippen molar-refractivity contribution in [2.45, 2.75) is 40.2 Å². The molecule has 0 aromatic heterocycles. The van der Waals surface area contributed by atoms with Gasteiger partial charge in [-0.2, -0.15) is 0 Å². The smallest absolute Gasteiger partial charge is 0.312 e. The van der Waals surface area contributed by atoms with Gasteiger partial charge in [0.25, 0.3) is 5.91 Å². The first-order valence-corrected chi connectivity index (χ1v) is 10.2. The van der Waals surface area contributed by atoms with Gasteiger partial charge in [0.05, 0.1) is 18.7 Å². The molecule has 0 unspecified atom stereocenters. The summed E-state index contributed by atoms with van der Waals surface area (Å²) in [7, 11) is 1.54. The van der Waals surface area contributed by atoms with Gasteiger partial charge in [-0.25, -0.2) is 0 Å². The second kappa shape index (κ2) is 9.20. The molecule has 2 aromatic carbocycles. The molecule has 0 spiro atoms. The van der Waals surface area contributed by atoms with E-state index in [1.54, 1.807) is 11.0 Å². The molecule has 1 heterocycles. The number of methoxy groups -OCH3 is 1. The number of para-hydroxylation sites is 1. The van der Waals surface area contributed by atoms with Gasteiger partial charge in [-0.05, 0) is 56.5 Å². The summed E-state index contributed by atoms with van der Waals surface area (Å²) in [6.07, 6.45) is -0.953. The number of hydrogen-bond donors (Lipinski definition) is 1. The molecule has 2 amide bonds. The van der Waals surface area contributed by atoms with Crippen LogP contribution < -0.4 is 15.0 Å². The largest absolute Gasteiger partial charge is 0.495 e. The maximum Gasteiger partial charge on any atom is 0.312 e. The molecule has 7 nitrogen and oxygen atoms in total. The Morgan fingerprint density at radius 2 is 1.81 bits per heavy atom. The molecule has 0 bridgehead atoms. The lowest BCUT2D eigenvalue weighted by Crippen LogP contribution is -2.33. The molecule has 1 aliphatic rings. The van der Waals surface area contributed by atoms with Crippen molar-refractivity contribution < 1.29 is 23.9 Å². The summed E-state index contributed by atoms with van der Waals surface area (Å²) in [5.41, 5.74) is 4.17. The van der Waals surface area contributed by atoms with Crippen LogP contribution >= 0.6 is 0 Å². The number of benzene rings is 2. The average Bonchev–Trinajstić information content (AvgIpc) is 3.12. The van der Waals surface area contributed by atoms with Gasteiger partial charge >= 0.3 is 5.97 Å². The van der Waals surface area contributed by atoms with Crippen LogP contribution in [0, 0.1) is 26.7 Å². The highest BCUT2D eigenvalue weighted by Crippen LogP contribution is 2.34. The van der Waals surface area contributed by atoms with Crippen LogP contribution in [0.15, 0.2) is 36.4 Å². The molecule has 0 aliphatic carbocycles. The van der Waals surface area contributed by atoms with Gasteiger partial charge in [-0.15, -0.1) is 0 Å². The molecule has 31 heavy (non-hydrogen) atoms.